The summed E-state index contributed by atoms with van der Waals surface area (Å²) >= 11 is 0. The summed E-state index contributed by atoms with van der Waals surface area (Å²) in [4.78, 5) is 14.9. The van der Waals surface area contributed by atoms with Crippen LogP contribution in [0.3, 0.4) is 0 Å². The fourth-order valence-corrected chi connectivity index (χ4v) is 1.52. The Morgan fingerprint density at radius 1 is 1.33 bits per heavy atom. The maximum Gasteiger partial charge on any atom is 0.418 e. The van der Waals surface area contributed by atoms with Gasteiger partial charge in [-0.2, -0.15) is 13.2 Å². The van der Waals surface area contributed by atoms with Crippen molar-refractivity contribution in [2.45, 2.75) is 6.18 Å². The number of halogens is 3. The molecule has 0 aromatic carbocycles. The number of carbonyl (C=O) groups excluding carboxylic acids is 1. The van der Waals surface area contributed by atoms with Crippen molar-refractivity contribution in [3.63, 3.8) is 0 Å². The maximum atomic E-state index is 12.5. The Kier molecular flexibility index (Phi) is 2.10. The van der Waals surface area contributed by atoms with E-state index in [9.17, 15) is 18.0 Å². The van der Waals surface area contributed by atoms with Crippen LogP contribution >= 0.6 is 0 Å². The molecular weight excluding hydrogens is 207 g/mol. The first-order chi connectivity index (χ1) is 7.00. The molecular formula is C10H6F3NO. The van der Waals surface area contributed by atoms with Crippen molar-refractivity contribution >= 4 is 11.5 Å². The van der Waals surface area contributed by atoms with Gasteiger partial charge in [0, 0.05) is 12.3 Å². The Morgan fingerprint density at radius 2 is 2.07 bits per heavy atom. The smallest absolute Gasteiger partial charge is 0.294 e. The van der Waals surface area contributed by atoms with Crippen LogP contribution in [-0.2, 0) is 4.79 Å². The minimum absolute atomic E-state index is 0.211. The number of ketones is 1. The van der Waals surface area contributed by atoms with Crippen molar-refractivity contribution in [2.24, 2.45) is 10.9 Å². The quantitative estimate of drug-likeness (QED) is 0.606. The molecule has 2 nitrogen and oxygen atoms in total. The average Bonchev–Trinajstić information content (AvgIpc) is 2.16. The standard InChI is InChI=1S/C10H6F3NO/c11-10(12,13)7-3-1-2-6-8(15)4-5-14-9(6)7/h1-6H. The first kappa shape index (κ1) is 9.89. The van der Waals surface area contributed by atoms with Gasteiger partial charge in [0.05, 0.1) is 17.2 Å². The molecule has 2 aliphatic rings. The zero-order valence-electron chi connectivity index (χ0n) is 7.45. The molecule has 2 rings (SSSR count). The fraction of sp³-hybridized carbons (Fsp3) is 0.200. The summed E-state index contributed by atoms with van der Waals surface area (Å²) in [5, 5.41) is 0. The van der Waals surface area contributed by atoms with Crippen molar-refractivity contribution in [1.82, 2.24) is 0 Å². The molecule has 78 valence electrons. The number of allylic oxidation sites excluding steroid dienone is 5. The second-order valence-corrected chi connectivity index (χ2v) is 3.17. The molecule has 0 N–H and O–H groups in total. The monoisotopic (exact) mass is 213 g/mol. The minimum Gasteiger partial charge on any atom is -0.294 e. The summed E-state index contributed by atoms with van der Waals surface area (Å²) < 4.78 is 37.6. The molecule has 5 heteroatoms. The third kappa shape index (κ3) is 1.65. The Morgan fingerprint density at radius 3 is 2.73 bits per heavy atom. The van der Waals surface area contributed by atoms with E-state index in [-0.39, 0.29) is 11.5 Å². The van der Waals surface area contributed by atoms with Crippen LogP contribution in [-0.4, -0.2) is 17.7 Å². The predicted octanol–water partition coefficient (Wildman–Crippen LogP) is 2.20. The lowest BCUT2D eigenvalue weighted by atomic mass is 9.87. The second kappa shape index (κ2) is 3.18. The average molecular weight is 213 g/mol. The molecule has 15 heavy (non-hydrogen) atoms. The molecule has 1 atom stereocenters. The molecule has 0 saturated heterocycles. The summed E-state index contributed by atoms with van der Waals surface area (Å²) in [7, 11) is 0. The summed E-state index contributed by atoms with van der Waals surface area (Å²) in [6.07, 6.45) is 1.41. The first-order valence-electron chi connectivity index (χ1n) is 4.24. The zero-order valence-corrected chi connectivity index (χ0v) is 7.45. The molecule has 0 fully saturated rings. The van der Waals surface area contributed by atoms with Crippen molar-refractivity contribution in [2.75, 3.05) is 0 Å². The molecule has 0 saturated carbocycles. The molecule has 1 aliphatic carbocycles. The molecule has 1 heterocycles. The maximum absolute atomic E-state index is 12.5. The van der Waals surface area contributed by atoms with E-state index in [4.69, 9.17) is 0 Å². The van der Waals surface area contributed by atoms with E-state index in [1.54, 1.807) is 0 Å². The molecule has 1 aliphatic heterocycles. The van der Waals surface area contributed by atoms with Gasteiger partial charge in [-0.3, -0.25) is 9.79 Å². The normalized spacial score (nSPS) is 24.7. The van der Waals surface area contributed by atoms with Crippen LogP contribution in [0.25, 0.3) is 0 Å². The highest BCUT2D eigenvalue weighted by Gasteiger charge is 2.41. The van der Waals surface area contributed by atoms with Crippen LogP contribution in [0.2, 0.25) is 0 Å². The summed E-state index contributed by atoms with van der Waals surface area (Å²) in [5.74, 6) is -1.25. The van der Waals surface area contributed by atoms with Gasteiger partial charge in [0.15, 0.2) is 5.78 Å². The predicted molar refractivity (Wildman–Crippen MR) is 48.4 cm³/mol. The van der Waals surface area contributed by atoms with E-state index in [0.717, 1.165) is 12.3 Å². The van der Waals surface area contributed by atoms with E-state index >= 15 is 0 Å². The molecule has 0 aromatic heterocycles. The van der Waals surface area contributed by atoms with E-state index in [2.05, 4.69) is 4.99 Å². The lowest BCUT2D eigenvalue weighted by Crippen LogP contribution is -2.32. The minimum atomic E-state index is -4.46. The largest absolute Gasteiger partial charge is 0.418 e. The van der Waals surface area contributed by atoms with Gasteiger partial charge in [0.1, 0.15) is 0 Å². The molecule has 0 bridgehead atoms. The highest BCUT2D eigenvalue weighted by Crippen LogP contribution is 2.33. The summed E-state index contributed by atoms with van der Waals surface area (Å²) in [6, 6.07) is 0. The van der Waals surface area contributed by atoms with Crippen LogP contribution in [0.15, 0.2) is 41.1 Å². The van der Waals surface area contributed by atoms with Crippen molar-refractivity contribution in [3.05, 3.63) is 36.1 Å². The SMILES string of the molecule is O=C1C=CN=C2C(C(F)(F)F)=CC=CC12. The lowest BCUT2D eigenvalue weighted by molar-refractivity contribution is -0.115. The van der Waals surface area contributed by atoms with Crippen LogP contribution in [0.1, 0.15) is 0 Å². The molecule has 0 aromatic rings. The number of fused-ring (bicyclic) bond motifs is 1. The van der Waals surface area contributed by atoms with Gasteiger partial charge in [-0.15, -0.1) is 0 Å². The number of hydrogen-bond acceptors (Lipinski definition) is 2. The van der Waals surface area contributed by atoms with Gasteiger partial charge in [0.2, 0.25) is 0 Å². The van der Waals surface area contributed by atoms with Crippen LogP contribution < -0.4 is 0 Å². The molecule has 0 radical (unpaired) electrons. The number of nitrogens with zero attached hydrogens (tertiary/aromatic N) is 1. The highest BCUT2D eigenvalue weighted by molar-refractivity contribution is 6.20. The number of rotatable bonds is 0. The van der Waals surface area contributed by atoms with E-state index < -0.39 is 17.7 Å². The van der Waals surface area contributed by atoms with Crippen LogP contribution in [0, 0.1) is 5.92 Å². The fourth-order valence-electron chi connectivity index (χ4n) is 1.52. The van der Waals surface area contributed by atoms with E-state index in [1.165, 1.54) is 18.2 Å². The number of alkyl halides is 3. The third-order valence-corrected chi connectivity index (χ3v) is 2.20. The first-order valence-corrected chi connectivity index (χ1v) is 4.24. The molecule has 0 spiro atoms. The Bertz CT molecular complexity index is 426. The molecule has 1 unspecified atom stereocenters. The van der Waals surface area contributed by atoms with E-state index in [1.807, 2.05) is 0 Å². The topological polar surface area (TPSA) is 29.4 Å². The van der Waals surface area contributed by atoms with Crippen molar-refractivity contribution in [3.8, 4) is 0 Å². The third-order valence-electron chi connectivity index (χ3n) is 2.20. The van der Waals surface area contributed by atoms with Gasteiger partial charge in [-0.25, -0.2) is 0 Å². The highest BCUT2D eigenvalue weighted by atomic mass is 19.4. The summed E-state index contributed by atoms with van der Waals surface area (Å²) in [5.41, 5.74) is -1.05. The number of aliphatic imine (C=N–C) groups is 1. The van der Waals surface area contributed by atoms with Crippen LogP contribution in [0.4, 0.5) is 13.2 Å². The summed E-state index contributed by atoms with van der Waals surface area (Å²) in [6.45, 7) is 0. The van der Waals surface area contributed by atoms with E-state index in [0.29, 0.717) is 0 Å². The lowest BCUT2D eigenvalue weighted by Gasteiger charge is -2.22. The van der Waals surface area contributed by atoms with Crippen molar-refractivity contribution in [1.29, 1.82) is 0 Å². The molecule has 0 amide bonds. The van der Waals surface area contributed by atoms with Crippen molar-refractivity contribution < 1.29 is 18.0 Å². The van der Waals surface area contributed by atoms with Crippen LogP contribution in [0.5, 0.6) is 0 Å². The number of hydrogen-bond donors (Lipinski definition) is 0. The van der Waals surface area contributed by atoms with Gasteiger partial charge in [-0.05, 0) is 6.08 Å². The Balaban J connectivity index is 2.47. The Labute approximate surface area is 83.5 Å². The van der Waals surface area contributed by atoms with Gasteiger partial charge >= 0.3 is 6.18 Å². The number of carbonyl (C=O) groups is 1. The zero-order chi connectivity index (χ0) is 11.1. The van der Waals surface area contributed by atoms with Gasteiger partial charge < -0.3 is 0 Å². The Hall–Kier alpha value is -1.65. The van der Waals surface area contributed by atoms with Gasteiger partial charge in [0.25, 0.3) is 0 Å². The second-order valence-electron chi connectivity index (χ2n) is 3.17. The van der Waals surface area contributed by atoms with Gasteiger partial charge in [-0.1, -0.05) is 12.2 Å².